The van der Waals surface area contributed by atoms with Gasteiger partial charge in [-0.25, -0.2) is 9.97 Å². The van der Waals surface area contributed by atoms with Gasteiger partial charge in [0.2, 0.25) is 0 Å². The van der Waals surface area contributed by atoms with Gasteiger partial charge in [0.25, 0.3) is 0 Å². The molecule has 5 rings (SSSR count). The number of imidazole rings is 1. The van der Waals surface area contributed by atoms with Crippen LogP contribution < -0.4 is 4.90 Å². The van der Waals surface area contributed by atoms with Gasteiger partial charge >= 0.3 is 0 Å². The van der Waals surface area contributed by atoms with Crippen LogP contribution in [0.15, 0.2) is 42.6 Å². The maximum atomic E-state index is 6.27. The Bertz CT molecular complexity index is 1030. The molecular weight excluding hydrogens is 386 g/mol. The molecule has 2 saturated heterocycles. The van der Waals surface area contributed by atoms with Crippen LogP contribution >= 0.6 is 0 Å². The number of likely N-dealkylation sites (N-methyl/N-ethyl adjacent to an activating group) is 1. The Morgan fingerprint density at radius 2 is 1.77 bits per heavy atom. The lowest BCUT2D eigenvalue weighted by Crippen LogP contribution is -2.46. The first kappa shape index (κ1) is 20.5. The summed E-state index contributed by atoms with van der Waals surface area (Å²) in [5.74, 6) is 2.03. The standard InChI is InChI=1S/C25H33N5O/c1-17-9-10-18(2)30(17)24-12-11-20(13-26-24)25-27-22-7-5-6-8-23(22)29(25)16-21-15-28(4)14-19(3)31-21/h5-8,11-13,17-19,21H,9-10,14-16H2,1-4H3/t17-,18-,19+,21+/m0/s1. The first-order chi connectivity index (χ1) is 15.0. The number of ether oxygens (including phenoxy) is 1. The number of fused-ring (bicyclic) bond motifs is 1. The number of aromatic nitrogens is 3. The molecule has 0 saturated carbocycles. The molecule has 2 aromatic heterocycles. The van der Waals surface area contributed by atoms with Gasteiger partial charge in [0.1, 0.15) is 11.6 Å². The zero-order chi connectivity index (χ0) is 21.5. The van der Waals surface area contributed by atoms with E-state index in [1.54, 1.807) is 0 Å². The summed E-state index contributed by atoms with van der Waals surface area (Å²) < 4.78 is 8.58. The molecular formula is C25H33N5O. The van der Waals surface area contributed by atoms with E-state index in [-0.39, 0.29) is 12.2 Å². The normalized spacial score (nSPS) is 27.3. The second kappa shape index (κ2) is 8.24. The quantitative estimate of drug-likeness (QED) is 0.634. The highest BCUT2D eigenvalue weighted by atomic mass is 16.5. The van der Waals surface area contributed by atoms with Gasteiger partial charge in [0.15, 0.2) is 0 Å². The van der Waals surface area contributed by atoms with Crippen molar-refractivity contribution in [2.75, 3.05) is 25.0 Å². The Balaban J connectivity index is 1.49. The molecule has 3 aromatic rings. The first-order valence-electron chi connectivity index (χ1n) is 11.5. The smallest absolute Gasteiger partial charge is 0.142 e. The summed E-state index contributed by atoms with van der Waals surface area (Å²) in [6, 6.07) is 13.8. The van der Waals surface area contributed by atoms with E-state index in [1.165, 1.54) is 12.8 Å². The Morgan fingerprint density at radius 3 is 2.48 bits per heavy atom. The van der Waals surface area contributed by atoms with E-state index in [9.17, 15) is 0 Å². The van der Waals surface area contributed by atoms with Crippen LogP contribution in [0.3, 0.4) is 0 Å². The summed E-state index contributed by atoms with van der Waals surface area (Å²) in [6.07, 6.45) is 4.83. The molecule has 0 N–H and O–H groups in total. The number of benzene rings is 1. The molecule has 2 fully saturated rings. The number of hydrogen-bond acceptors (Lipinski definition) is 5. The zero-order valence-corrected chi connectivity index (χ0v) is 19.0. The molecule has 0 amide bonds. The third-order valence-electron chi connectivity index (χ3n) is 6.77. The van der Waals surface area contributed by atoms with Crippen molar-refractivity contribution in [3.8, 4) is 11.4 Å². The van der Waals surface area contributed by atoms with Crippen molar-refractivity contribution in [1.82, 2.24) is 19.4 Å². The number of rotatable bonds is 4. The van der Waals surface area contributed by atoms with Crippen LogP contribution in [-0.2, 0) is 11.3 Å². The number of nitrogens with zero attached hydrogens (tertiary/aromatic N) is 5. The molecule has 1 aromatic carbocycles. The van der Waals surface area contributed by atoms with Crippen LogP contribution in [-0.4, -0.2) is 63.9 Å². The maximum absolute atomic E-state index is 6.27. The average Bonchev–Trinajstić information content (AvgIpc) is 3.27. The van der Waals surface area contributed by atoms with Crippen molar-refractivity contribution < 1.29 is 4.74 Å². The predicted octanol–water partition coefficient (Wildman–Crippen LogP) is 4.19. The first-order valence-corrected chi connectivity index (χ1v) is 11.5. The fraction of sp³-hybridized carbons (Fsp3) is 0.520. The molecule has 0 spiro atoms. The highest BCUT2D eigenvalue weighted by Crippen LogP contribution is 2.31. The van der Waals surface area contributed by atoms with Crippen molar-refractivity contribution in [1.29, 1.82) is 0 Å². The van der Waals surface area contributed by atoms with Gasteiger partial charge in [-0.1, -0.05) is 12.1 Å². The lowest BCUT2D eigenvalue weighted by atomic mass is 10.2. The van der Waals surface area contributed by atoms with Gasteiger partial charge in [-0.15, -0.1) is 0 Å². The minimum atomic E-state index is 0.142. The Morgan fingerprint density at radius 1 is 1.00 bits per heavy atom. The summed E-state index contributed by atoms with van der Waals surface area (Å²) >= 11 is 0. The summed E-state index contributed by atoms with van der Waals surface area (Å²) in [5.41, 5.74) is 3.21. The topological polar surface area (TPSA) is 46.4 Å². The summed E-state index contributed by atoms with van der Waals surface area (Å²) in [7, 11) is 2.17. The van der Waals surface area contributed by atoms with Gasteiger partial charge in [-0.05, 0) is 64.9 Å². The largest absolute Gasteiger partial charge is 0.371 e. The Kier molecular flexibility index (Phi) is 5.44. The van der Waals surface area contributed by atoms with Gasteiger partial charge in [0.05, 0.1) is 29.8 Å². The molecule has 31 heavy (non-hydrogen) atoms. The molecule has 2 aliphatic heterocycles. The van der Waals surface area contributed by atoms with Crippen molar-refractivity contribution in [2.45, 2.75) is 64.4 Å². The van der Waals surface area contributed by atoms with Gasteiger partial charge < -0.3 is 19.1 Å². The lowest BCUT2D eigenvalue weighted by Gasteiger charge is -2.35. The minimum Gasteiger partial charge on any atom is -0.371 e. The average molecular weight is 420 g/mol. The van der Waals surface area contributed by atoms with Crippen LogP contribution in [0.25, 0.3) is 22.4 Å². The second-order valence-corrected chi connectivity index (χ2v) is 9.41. The molecule has 6 nitrogen and oxygen atoms in total. The monoisotopic (exact) mass is 419 g/mol. The molecule has 164 valence electrons. The van der Waals surface area contributed by atoms with E-state index in [2.05, 4.69) is 72.5 Å². The minimum absolute atomic E-state index is 0.142. The molecule has 0 aliphatic carbocycles. The molecule has 2 aliphatic rings. The molecule has 0 radical (unpaired) electrons. The molecule has 6 heteroatoms. The van der Waals surface area contributed by atoms with E-state index in [1.807, 2.05) is 12.3 Å². The van der Waals surface area contributed by atoms with E-state index >= 15 is 0 Å². The van der Waals surface area contributed by atoms with E-state index in [0.29, 0.717) is 12.1 Å². The number of pyridine rings is 1. The van der Waals surface area contributed by atoms with Crippen molar-refractivity contribution in [3.05, 3.63) is 42.6 Å². The highest BCUT2D eigenvalue weighted by Gasteiger charge is 2.29. The van der Waals surface area contributed by atoms with Gasteiger partial charge in [-0.2, -0.15) is 0 Å². The Hall–Kier alpha value is -2.44. The maximum Gasteiger partial charge on any atom is 0.142 e. The SMILES string of the molecule is C[C@@H]1CN(C)C[C@H](Cn2c(-c3ccc(N4[C@@H](C)CC[C@@H]4C)nc3)nc3ccccc32)O1. The van der Waals surface area contributed by atoms with Gasteiger partial charge in [-0.3, -0.25) is 0 Å². The fourth-order valence-electron chi connectivity index (χ4n) is 5.38. The summed E-state index contributed by atoms with van der Waals surface area (Å²) in [5, 5.41) is 0. The predicted molar refractivity (Wildman–Crippen MR) is 125 cm³/mol. The van der Waals surface area contributed by atoms with Crippen molar-refractivity contribution in [2.24, 2.45) is 0 Å². The zero-order valence-electron chi connectivity index (χ0n) is 19.0. The summed E-state index contributed by atoms with van der Waals surface area (Å²) in [4.78, 5) is 14.6. The van der Waals surface area contributed by atoms with E-state index in [4.69, 9.17) is 14.7 Å². The number of morpholine rings is 1. The molecule has 4 atom stereocenters. The molecule has 0 unspecified atom stereocenters. The molecule has 4 heterocycles. The lowest BCUT2D eigenvalue weighted by molar-refractivity contribution is -0.0752. The van der Waals surface area contributed by atoms with Crippen LogP contribution in [0, 0.1) is 0 Å². The van der Waals surface area contributed by atoms with Gasteiger partial charge in [0, 0.05) is 36.9 Å². The number of para-hydroxylation sites is 2. The Labute approximate surface area is 184 Å². The van der Waals surface area contributed by atoms with E-state index < -0.39 is 0 Å². The van der Waals surface area contributed by atoms with Crippen LogP contribution in [0.4, 0.5) is 5.82 Å². The number of hydrogen-bond donors (Lipinski definition) is 0. The number of anilines is 1. The fourth-order valence-corrected chi connectivity index (χ4v) is 5.38. The highest BCUT2D eigenvalue weighted by molar-refractivity contribution is 5.80. The van der Waals surface area contributed by atoms with E-state index in [0.717, 1.165) is 47.9 Å². The van der Waals surface area contributed by atoms with Crippen molar-refractivity contribution >= 4 is 16.9 Å². The molecule has 0 bridgehead atoms. The van der Waals surface area contributed by atoms with Crippen LogP contribution in [0.1, 0.15) is 33.6 Å². The van der Waals surface area contributed by atoms with Crippen LogP contribution in [0.2, 0.25) is 0 Å². The van der Waals surface area contributed by atoms with Crippen molar-refractivity contribution in [3.63, 3.8) is 0 Å². The van der Waals surface area contributed by atoms with Crippen LogP contribution in [0.5, 0.6) is 0 Å². The third-order valence-corrected chi connectivity index (χ3v) is 6.77. The summed E-state index contributed by atoms with van der Waals surface area (Å²) in [6.45, 7) is 9.43. The third kappa shape index (κ3) is 3.94. The second-order valence-electron chi connectivity index (χ2n) is 9.41.